The van der Waals surface area contributed by atoms with Crippen LogP contribution in [0.15, 0.2) is 60.7 Å². The summed E-state index contributed by atoms with van der Waals surface area (Å²) < 4.78 is 0. The van der Waals surface area contributed by atoms with E-state index in [0.29, 0.717) is 16.8 Å². The van der Waals surface area contributed by atoms with Crippen LogP contribution in [0.25, 0.3) is 0 Å². The topological polar surface area (TPSA) is 66.5 Å². The zero-order chi connectivity index (χ0) is 22.3. The molecule has 3 aromatic carbocycles. The van der Waals surface area contributed by atoms with Gasteiger partial charge in [0.1, 0.15) is 0 Å². The van der Waals surface area contributed by atoms with Gasteiger partial charge < -0.3 is 5.32 Å². The van der Waals surface area contributed by atoms with Gasteiger partial charge in [-0.25, -0.2) is 4.90 Å². The Bertz CT molecular complexity index is 1230. The maximum Gasteiger partial charge on any atom is 0.266 e. The second kappa shape index (κ2) is 7.84. The van der Waals surface area contributed by atoms with E-state index in [2.05, 4.69) is 19.2 Å². The summed E-state index contributed by atoms with van der Waals surface area (Å²) in [7, 11) is 0. The third-order valence-corrected chi connectivity index (χ3v) is 5.67. The van der Waals surface area contributed by atoms with Gasteiger partial charge >= 0.3 is 0 Å². The molecule has 156 valence electrons. The Morgan fingerprint density at radius 2 is 1.52 bits per heavy atom. The maximum absolute atomic E-state index is 13.1. The number of para-hydroxylation sites is 2. The highest BCUT2D eigenvalue weighted by atomic mass is 16.2. The molecule has 31 heavy (non-hydrogen) atoms. The number of imide groups is 1. The van der Waals surface area contributed by atoms with Crippen molar-refractivity contribution in [2.75, 3.05) is 10.2 Å². The van der Waals surface area contributed by atoms with Gasteiger partial charge in [-0.05, 0) is 60.7 Å². The molecule has 1 N–H and O–H groups in total. The van der Waals surface area contributed by atoms with E-state index in [-0.39, 0.29) is 23.3 Å². The summed E-state index contributed by atoms with van der Waals surface area (Å²) in [5.41, 5.74) is 5.08. The van der Waals surface area contributed by atoms with E-state index < -0.39 is 5.91 Å². The molecule has 1 heterocycles. The van der Waals surface area contributed by atoms with Crippen molar-refractivity contribution in [2.45, 2.75) is 33.6 Å². The standard InChI is InChI=1S/C26H24N2O3/c1-15(2)19-10-7-9-17(4)23(19)27-24(29)18-12-13-20-21(14-18)26(31)28(25(20)30)22-11-6-5-8-16(22)3/h5-15H,1-4H3,(H,27,29). The fourth-order valence-electron chi connectivity index (χ4n) is 3.94. The average Bonchev–Trinajstić information content (AvgIpc) is 2.99. The van der Waals surface area contributed by atoms with Crippen LogP contribution in [0.1, 0.15) is 67.5 Å². The first-order valence-corrected chi connectivity index (χ1v) is 10.3. The summed E-state index contributed by atoms with van der Waals surface area (Å²) in [6.07, 6.45) is 0. The van der Waals surface area contributed by atoms with E-state index in [9.17, 15) is 14.4 Å². The van der Waals surface area contributed by atoms with Crippen molar-refractivity contribution in [3.05, 3.63) is 94.0 Å². The molecular weight excluding hydrogens is 388 g/mol. The van der Waals surface area contributed by atoms with Crippen molar-refractivity contribution in [1.29, 1.82) is 0 Å². The molecule has 0 aliphatic carbocycles. The number of carbonyl (C=O) groups excluding carboxylic acids is 3. The van der Waals surface area contributed by atoms with Crippen LogP contribution in [0, 0.1) is 13.8 Å². The number of rotatable bonds is 4. The van der Waals surface area contributed by atoms with E-state index in [1.54, 1.807) is 24.3 Å². The van der Waals surface area contributed by atoms with Gasteiger partial charge in [-0.15, -0.1) is 0 Å². The SMILES string of the molecule is Cc1ccccc1N1C(=O)c2ccc(C(=O)Nc3c(C)cccc3C(C)C)cc2C1=O. The quantitative estimate of drug-likeness (QED) is 0.577. The Morgan fingerprint density at radius 3 is 2.23 bits per heavy atom. The van der Waals surface area contributed by atoms with Crippen LogP contribution in [-0.4, -0.2) is 17.7 Å². The van der Waals surface area contributed by atoms with Gasteiger partial charge in [-0.1, -0.05) is 50.2 Å². The predicted molar refractivity (Wildman–Crippen MR) is 122 cm³/mol. The molecule has 0 fully saturated rings. The van der Waals surface area contributed by atoms with Gasteiger partial charge in [0.2, 0.25) is 0 Å². The Labute approximate surface area is 181 Å². The van der Waals surface area contributed by atoms with Gasteiger partial charge in [-0.3, -0.25) is 14.4 Å². The van der Waals surface area contributed by atoms with E-state index in [1.807, 2.05) is 44.2 Å². The molecule has 0 spiro atoms. The Morgan fingerprint density at radius 1 is 0.839 bits per heavy atom. The lowest BCUT2D eigenvalue weighted by atomic mass is 9.97. The van der Waals surface area contributed by atoms with Gasteiger partial charge in [0.05, 0.1) is 16.8 Å². The number of hydrogen-bond donors (Lipinski definition) is 1. The minimum absolute atomic E-state index is 0.245. The smallest absolute Gasteiger partial charge is 0.266 e. The number of carbonyl (C=O) groups is 3. The maximum atomic E-state index is 13.1. The second-order valence-electron chi connectivity index (χ2n) is 8.14. The summed E-state index contributed by atoms with van der Waals surface area (Å²) in [6.45, 7) is 7.95. The molecule has 4 rings (SSSR count). The van der Waals surface area contributed by atoms with Crippen molar-refractivity contribution < 1.29 is 14.4 Å². The Hall–Kier alpha value is -3.73. The highest BCUT2D eigenvalue weighted by molar-refractivity contribution is 6.35. The summed E-state index contributed by atoms with van der Waals surface area (Å²) >= 11 is 0. The summed E-state index contributed by atoms with van der Waals surface area (Å²) in [6, 6.07) is 17.8. The van der Waals surface area contributed by atoms with Gasteiger partial charge in [0.15, 0.2) is 0 Å². The molecule has 5 heteroatoms. The first kappa shape index (κ1) is 20.5. The summed E-state index contributed by atoms with van der Waals surface area (Å²) in [5.74, 6) is -0.851. The highest BCUT2D eigenvalue weighted by Gasteiger charge is 2.37. The van der Waals surface area contributed by atoms with Crippen LogP contribution < -0.4 is 10.2 Å². The van der Waals surface area contributed by atoms with Crippen LogP contribution in [-0.2, 0) is 0 Å². The lowest BCUT2D eigenvalue weighted by Crippen LogP contribution is -2.29. The number of benzene rings is 3. The third-order valence-electron chi connectivity index (χ3n) is 5.67. The molecule has 1 aliphatic heterocycles. The van der Waals surface area contributed by atoms with Crippen LogP contribution in [0.5, 0.6) is 0 Å². The number of aryl methyl sites for hydroxylation is 2. The molecule has 0 radical (unpaired) electrons. The lowest BCUT2D eigenvalue weighted by Gasteiger charge is -2.16. The molecule has 0 saturated carbocycles. The molecule has 0 atom stereocenters. The first-order chi connectivity index (χ1) is 14.8. The van der Waals surface area contributed by atoms with Crippen molar-refractivity contribution in [2.24, 2.45) is 0 Å². The number of amides is 3. The average molecular weight is 412 g/mol. The van der Waals surface area contributed by atoms with Crippen molar-refractivity contribution in [3.8, 4) is 0 Å². The Kier molecular flexibility index (Phi) is 5.19. The molecule has 3 aromatic rings. The highest BCUT2D eigenvalue weighted by Crippen LogP contribution is 2.32. The van der Waals surface area contributed by atoms with E-state index in [1.165, 1.54) is 11.0 Å². The molecular formula is C26H24N2O3. The first-order valence-electron chi connectivity index (χ1n) is 10.3. The zero-order valence-corrected chi connectivity index (χ0v) is 18.0. The molecule has 0 bridgehead atoms. The normalized spacial score (nSPS) is 13.0. The number of fused-ring (bicyclic) bond motifs is 1. The Balaban J connectivity index is 1.67. The monoisotopic (exact) mass is 412 g/mol. The van der Waals surface area contributed by atoms with E-state index in [0.717, 1.165) is 22.4 Å². The summed E-state index contributed by atoms with van der Waals surface area (Å²) in [5, 5.41) is 3.00. The number of hydrogen-bond acceptors (Lipinski definition) is 3. The van der Waals surface area contributed by atoms with Crippen molar-refractivity contribution in [1.82, 2.24) is 0 Å². The van der Waals surface area contributed by atoms with Crippen molar-refractivity contribution in [3.63, 3.8) is 0 Å². The lowest BCUT2D eigenvalue weighted by molar-refractivity contribution is 0.0925. The minimum Gasteiger partial charge on any atom is -0.321 e. The molecule has 3 amide bonds. The van der Waals surface area contributed by atoms with E-state index in [4.69, 9.17) is 0 Å². The second-order valence-corrected chi connectivity index (χ2v) is 8.14. The molecule has 1 aliphatic rings. The van der Waals surface area contributed by atoms with Crippen LogP contribution in [0.2, 0.25) is 0 Å². The largest absolute Gasteiger partial charge is 0.321 e. The van der Waals surface area contributed by atoms with E-state index >= 15 is 0 Å². The molecule has 5 nitrogen and oxygen atoms in total. The number of anilines is 2. The zero-order valence-electron chi connectivity index (χ0n) is 18.0. The number of nitrogens with one attached hydrogen (secondary N) is 1. The van der Waals surface area contributed by atoms with Gasteiger partial charge in [-0.2, -0.15) is 0 Å². The molecule has 0 unspecified atom stereocenters. The van der Waals surface area contributed by atoms with Crippen LogP contribution in [0.3, 0.4) is 0 Å². The summed E-state index contributed by atoms with van der Waals surface area (Å²) in [4.78, 5) is 40.2. The van der Waals surface area contributed by atoms with Gasteiger partial charge in [0, 0.05) is 11.3 Å². The molecule has 0 aromatic heterocycles. The number of nitrogens with zero attached hydrogens (tertiary/aromatic N) is 1. The fraction of sp³-hybridized carbons (Fsp3) is 0.192. The van der Waals surface area contributed by atoms with Crippen LogP contribution >= 0.6 is 0 Å². The van der Waals surface area contributed by atoms with Gasteiger partial charge in [0.25, 0.3) is 17.7 Å². The fourth-order valence-corrected chi connectivity index (χ4v) is 3.94. The predicted octanol–water partition coefficient (Wildman–Crippen LogP) is 5.48. The minimum atomic E-state index is -0.414. The molecule has 0 saturated heterocycles. The van der Waals surface area contributed by atoms with Crippen molar-refractivity contribution >= 4 is 29.1 Å². The van der Waals surface area contributed by atoms with Crippen LogP contribution in [0.4, 0.5) is 11.4 Å². The third kappa shape index (κ3) is 3.52.